The van der Waals surface area contributed by atoms with Gasteiger partial charge in [-0.3, -0.25) is 24.2 Å². The van der Waals surface area contributed by atoms with E-state index in [1.54, 1.807) is 0 Å². The second kappa shape index (κ2) is 27.7. The van der Waals surface area contributed by atoms with Gasteiger partial charge >= 0.3 is 17.6 Å². The Morgan fingerprint density at radius 3 is 2.04 bits per heavy atom. The number of rotatable bonds is 25. The first-order chi connectivity index (χ1) is 35.1. The smallest absolute Gasteiger partial charge is 0.364 e. The van der Waals surface area contributed by atoms with E-state index in [2.05, 4.69) is 20.4 Å². The Kier molecular flexibility index (Phi) is 22.7. The number of ether oxygens (including phenoxy) is 9. The van der Waals surface area contributed by atoms with E-state index in [1.807, 2.05) is 4.98 Å². The fourth-order valence-corrected chi connectivity index (χ4v) is 8.85. The number of aliphatic hydroxyl groups is 11. The number of nitrogens with one attached hydrogen (secondary N) is 4. The molecule has 5 heterocycles. The lowest BCUT2D eigenvalue weighted by Crippen LogP contribution is -2.71. The molecule has 1 aromatic heterocycles. The second-order valence-electron chi connectivity index (χ2n) is 18.2. The molecule has 2 amide bonds. The number of amides is 2. The molecule has 0 spiro atoms. The molecule has 0 radical (unpaired) electrons. The zero-order chi connectivity index (χ0) is 54.6. The molecule has 4 fully saturated rings. The van der Waals surface area contributed by atoms with E-state index in [0.717, 1.165) is 13.3 Å². The molecule has 0 bridgehead atoms. The molecule has 5 rings (SSSR count). The third kappa shape index (κ3) is 15.0. The fourth-order valence-electron chi connectivity index (χ4n) is 8.85. The molecule has 1 aromatic rings. The number of carboxylic acid groups (broad SMARTS) is 1. The summed E-state index contributed by atoms with van der Waals surface area (Å²) in [6.07, 6.45) is -31.3. The van der Waals surface area contributed by atoms with Crippen LogP contribution in [0.15, 0.2) is 15.7 Å². The number of methoxy groups -OCH3 is 1. The van der Waals surface area contributed by atoms with Gasteiger partial charge in [-0.2, -0.15) is 0 Å². The topological polar surface area (TPSA) is 484 Å². The Morgan fingerprint density at radius 1 is 0.770 bits per heavy atom. The van der Waals surface area contributed by atoms with E-state index in [0.29, 0.717) is 38.2 Å². The molecule has 14 unspecified atom stereocenters. The van der Waals surface area contributed by atoms with Gasteiger partial charge in [-0.25, -0.2) is 9.59 Å². The van der Waals surface area contributed by atoms with Crippen molar-refractivity contribution in [2.45, 2.75) is 180 Å². The summed E-state index contributed by atoms with van der Waals surface area (Å²) in [7, 11) is 1.29. The monoisotopic (exact) mass is 1070 g/mol. The van der Waals surface area contributed by atoms with E-state index in [1.165, 1.54) is 7.11 Å². The Hall–Kier alpha value is -4.20. The first-order valence-corrected chi connectivity index (χ1v) is 23.8. The van der Waals surface area contributed by atoms with Gasteiger partial charge in [0.2, 0.25) is 5.91 Å². The van der Waals surface area contributed by atoms with Crippen LogP contribution in [0.5, 0.6) is 0 Å². The molecule has 0 aromatic carbocycles. The lowest BCUT2D eigenvalue weighted by atomic mass is 9.88. The summed E-state index contributed by atoms with van der Waals surface area (Å²) in [6, 6.07) is -2.75. The predicted molar refractivity (Wildman–Crippen MR) is 238 cm³/mol. The van der Waals surface area contributed by atoms with Crippen molar-refractivity contribution in [2.75, 3.05) is 40.1 Å². The maximum Gasteiger partial charge on any atom is 0.364 e. The quantitative estimate of drug-likeness (QED) is 0.0319. The number of aliphatic carboxylic acids is 1. The summed E-state index contributed by atoms with van der Waals surface area (Å²) in [6.45, 7) is -2.99. The summed E-state index contributed by atoms with van der Waals surface area (Å²) in [5.41, 5.74) is -2.76. The molecule has 0 aliphatic carbocycles. The zero-order valence-corrected chi connectivity index (χ0v) is 40.2. The van der Waals surface area contributed by atoms with Gasteiger partial charge in [0.15, 0.2) is 18.9 Å². The number of carbonyl (C=O) groups is 4. The number of hydrogen-bond donors (Lipinski definition) is 16. The Morgan fingerprint density at radius 2 is 1.42 bits per heavy atom. The predicted octanol–water partition coefficient (Wildman–Crippen LogP) is -8.02. The number of carboxylic acids is 1. The largest absolute Gasteiger partial charge is 0.477 e. The number of aromatic amines is 2. The molecular formula is C43H68N4O27. The van der Waals surface area contributed by atoms with Crippen molar-refractivity contribution in [1.82, 2.24) is 20.6 Å². The van der Waals surface area contributed by atoms with Gasteiger partial charge in [-0.1, -0.05) is 25.7 Å². The van der Waals surface area contributed by atoms with Crippen molar-refractivity contribution in [1.29, 1.82) is 0 Å². The molecule has 31 heteroatoms. The van der Waals surface area contributed by atoms with Gasteiger partial charge in [0.1, 0.15) is 91.1 Å². The maximum atomic E-state index is 14.0. The number of aromatic nitrogens is 2. The molecule has 4 saturated heterocycles. The van der Waals surface area contributed by atoms with Crippen LogP contribution in [0.25, 0.3) is 0 Å². The highest BCUT2D eigenvalue weighted by Gasteiger charge is 2.61. The van der Waals surface area contributed by atoms with E-state index in [4.69, 9.17) is 37.9 Å². The lowest BCUT2D eigenvalue weighted by molar-refractivity contribution is -0.388. The molecule has 422 valence electrons. The zero-order valence-electron chi connectivity index (χ0n) is 40.2. The van der Waals surface area contributed by atoms with Crippen molar-refractivity contribution < 1.29 is 123 Å². The number of hydrogen-bond acceptors (Lipinski definition) is 26. The fraction of sp³-hybridized carbons (Fsp3) is 0.814. The highest BCUT2D eigenvalue weighted by Crippen LogP contribution is 2.39. The van der Waals surface area contributed by atoms with E-state index < -0.39 is 190 Å². The number of carbonyl (C=O) groups excluding carboxylic acids is 3. The third-order valence-electron chi connectivity index (χ3n) is 12.8. The van der Waals surface area contributed by atoms with Gasteiger partial charge < -0.3 is 120 Å². The first kappa shape index (κ1) is 60.7. The van der Waals surface area contributed by atoms with Crippen LogP contribution in [0.1, 0.15) is 68.8 Å². The van der Waals surface area contributed by atoms with Gasteiger partial charge in [-0.15, -0.1) is 0 Å². The van der Waals surface area contributed by atoms with Crippen LogP contribution >= 0.6 is 0 Å². The summed E-state index contributed by atoms with van der Waals surface area (Å²) in [4.78, 5) is 79.4. The van der Waals surface area contributed by atoms with Gasteiger partial charge in [0, 0.05) is 32.4 Å². The minimum Gasteiger partial charge on any atom is -0.477 e. The maximum absolute atomic E-state index is 14.0. The molecule has 74 heavy (non-hydrogen) atoms. The molecule has 4 aliphatic heterocycles. The molecule has 20 atom stereocenters. The summed E-state index contributed by atoms with van der Waals surface area (Å²) in [5, 5.41) is 134. The highest BCUT2D eigenvalue weighted by molar-refractivity contribution is 5.92. The Bertz CT molecular complexity index is 2070. The number of unbranched alkanes of at least 4 members (excludes halogenated alkanes) is 5. The first-order valence-electron chi connectivity index (χ1n) is 23.8. The minimum atomic E-state index is -3.21. The number of H-pyrrole nitrogens is 2. The van der Waals surface area contributed by atoms with Crippen LogP contribution in [0.2, 0.25) is 0 Å². The van der Waals surface area contributed by atoms with Crippen LogP contribution in [0, 0.1) is 0 Å². The van der Waals surface area contributed by atoms with Crippen LogP contribution in [0.4, 0.5) is 0 Å². The van der Waals surface area contributed by atoms with Crippen LogP contribution in [-0.4, -0.2) is 257 Å². The Balaban J connectivity index is 1.54. The third-order valence-corrected chi connectivity index (χ3v) is 12.8. The number of esters is 1. The van der Waals surface area contributed by atoms with Gasteiger partial charge in [0.25, 0.3) is 17.3 Å². The molecule has 0 saturated carbocycles. The average molecular weight is 1070 g/mol. The van der Waals surface area contributed by atoms with E-state index in [-0.39, 0.29) is 19.0 Å². The van der Waals surface area contributed by atoms with Crippen molar-refractivity contribution in [3.05, 3.63) is 32.6 Å². The van der Waals surface area contributed by atoms with Crippen LogP contribution in [0.3, 0.4) is 0 Å². The summed E-state index contributed by atoms with van der Waals surface area (Å²) < 4.78 is 52.0. The van der Waals surface area contributed by atoms with E-state index in [9.17, 15) is 90.0 Å². The average Bonchev–Trinajstić information content (AvgIpc) is 3.36. The highest BCUT2D eigenvalue weighted by atomic mass is 16.8. The molecule has 4 aliphatic rings. The minimum absolute atomic E-state index is 0.125. The van der Waals surface area contributed by atoms with Crippen molar-refractivity contribution >= 4 is 23.8 Å². The van der Waals surface area contributed by atoms with Crippen molar-refractivity contribution in [2.24, 2.45) is 0 Å². The van der Waals surface area contributed by atoms with Gasteiger partial charge in [-0.05, 0) is 12.8 Å². The summed E-state index contributed by atoms with van der Waals surface area (Å²) >= 11 is 0. The van der Waals surface area contributed by atoms with Crippen molar-refractivity contribution in [3.8, 4) is 0 Å². The van der Waals surface area contributed by atoms with Crippen molar-refractivity contribution in [3.63, 3.8) is 0 Å². The lowest BCUT2D eigenvalue weighted by Gasteiger charge is -2.51. The van der Waals surface area contributed by atoms with Crippen LogP contribution in [-0.2, 0) is 57.0 Å². The Labute approximate surface area is 420 Å². The molecule has 16 N–H and O–H groups in total. The number of aliphatic hydroxyl groups excluding tert-OH is 11. The summed E-state index contributed by atoms with van der Waals surface area (Å²) in [5.74, 6) is -7.65. The molecule has 31 nitrogen and oxygen atoms in total. The van der Waals surface area contributed by atoms with Gasteiger partial charge in [0.05, 0.1) is 45.7 Å². The standard InChI is InChI=1S/C43H68N4O27/c1-17(51)44-26-19(52)12-43(41(63)64,73-34(26)29(58)20(53)13-48)74-36-30(59)22(14-49)69-40(32(36)61)72-35-27(47-37(62)18-11-24(55)46-42(65)45-18)38(67-10-8-6-4-3-5-7-9-25(56)66-2)70-23(15-50)33(35)71-39-31(60)28(57)21(54)16-68-39/h11,19-23,26-36,38-40,48-50,52-54,57-61H,3-10,12-16H2,1-2H3,(H,44,51)(H,47,62)(H,63,64)(H2,45,46,55,65)/t19?,20?,21-,22?,23?,26-,27?,28?,29?,30-,31?,32?,33+,34?,35?,36?,38-,39?,40?,43+/m1/s1. The van der Waals surface area contributed by atoms with E-state index >= 15 is 0 Å². The van der Waals surface area contributed by atoms with Crippen LogP contribution < -0.4 is 21.9 Å². The SMILES string of the molecule is COC(=O)CCCCCCCCO[C@@H]1OC(CO)[C@H](OC2OC[C@@H](O)C(O)C2O)C(OC2OC(CO)[C@@H](O)C(O[C@]3(C(=O)O)CC(O)[C@@H](NC(C)=O)C(C(O)C(O)CO)O3)C2O)C1NC(=O)c1cc(=O)[nH]c(=O)[nH]1. The second-order valence-corrected chi connectivity index (χ2v) is 18.2. The normalized spacial score (nSPS) is 36.3. The molecular weight excluding hydrogens is 1000 g/mol.